The molecule has 7 nitrogen and oxygen atoms in total. The molecule has 8 heteroatoms. The molecule has 0 fully saturated rings. The van der Waals surface area contributed by atoms with Crippen LogP contribution in [0, 0.1) is 6.92 Å². The largest absolute Gasteiger partial charge is 0.346 e. The lowest BCUT2D eigenvalue weighted by atomic mass is 10.0. The van der Waals surface area contributed by atoms with Crippen molar-refractivity contribution in [2.75, 3.05) is 11.1 Å². The number of hydrogen-bond donors (Lipinski definition) is 3. The number of nitrogens with two attached hydrogens (primary N) is 1. The van der Waals surface area contributed by atoms with Crippen molar-refractivity contribution in [1.29, 1.82) is 0 Å². The van der Waals surface area contributed by atoms with E-state index < -0.39 is 15.9 Å². The second-order valence-electron chi connectivity index (χ2n) is 6.15. The number of anilines is 1. The minimum Gasteiger partial charge on any atom is -0.346 e. The van der Waals surface area contributed by atoms with Crippen LogP contribution in [-0.2, 0) is 9.84 Å². The van der Waals surface area contributed by atoms with E-state index in [0.29, 0.717) is 28.0 Å². The SMILES string of the molecule is Cc1cc2c(cc1C(=O)Nc1ccnc3[nH]ccc13)S(=O)(=O)CC2N. The van der Waals surface area contributed by atoms with Gasteiger partial charge in [-0.25, -0.2) is 13.4 Å². The van der Waals surface area contributed by atoms with Crippen LogP contribution in [0.1, 0.15) is 27.5 Å². The minimum absolute atomic E-state index is 0.124. The van der Waals surface area contributed by atoms with Gasteiger partial charge in [-0.05, 0) is 36.2 Å². The number of pyridine rings is 1. The van der Waals surface area contributed by atoms with Crippen molar-refractivity contribution < 1.29 is 13.2 Å². The molecule has 1 aliphatic heterocycles. The highest BCUT2D eigenvalue weighted by atomic mass is 32.2. The predicted octanol–water partition coefficient (Wildman–Crippen LogP) is 1.91. The van der Waals surface area contributed by atoms with Crippen LogP contribution in [0.25, 0.3) is 11.0 Å². The molecule has 3 aromatic rings. The van der Waals surface area contributed by atoms with Gasteiger partial charge in [-0.2, -0.15) is 0 Å². The van der Waals surface area contributed by atoms with Crippen molar-refractivity contribution in [3.05, 3.63) is 53.3 Å². The number of carbonyl (C=O) groups excluding carboxylic acids is 1. The number of H-pyrrole nitrogens is 1. The molecule has 25 heavy (non-hydrogen) atoms. The Labute approximate surface area is 144 Å². The quantitative estimate of drug-likeness (QED) is 0.648. The molecule has 1 unspecified atom stereocenters. The third-order valence-electron chi connectivity index (χ3n) is 4.44. The summed E-state index contributed by atoms with van der Waals surface area (Å²) in [7, 11) is -3.45. The molecule has 0 aliphatic carbocycles. The number of rotatable bonds is 2. The van der Waals surface area contributed by atoms with Crippen LogP contribution in [0.15, 0.2) is 41.6 Å². The van der Waals surface area contributed by atoms with Crippen molar-refractivity contribution in [2.24, 2.45) is 5.73 Å². The molecule has 4 rings (SSSR count). The molecule has 1 aliphatic rings. The van der Waals surface area contributed by atoms with Crippen LogP contribution in [-0.4, -0.2) is 30.0 Å². The Morgan fingerprint density at radius 3 is 2.96 bits per heavy atom. The Balaban J connectivity index is 1.75. The van der Waals surface area contributed by atoms with Crippen LogP contribution in [0.2, 0.25) is 0 Å². The van der Waals surface area contributed by atoms with Crippen LogP contribution in [0.5, 0.6) is 0 Å². The molecule has 1 amide bonds. The number of sulfone groups is 1. The first-order chi connectivity index (χ1) is 11.9. The van der Waals surface area contributed by atoms with Gasteiger partial charge in [-0.15, -0.1) is 0 Å². The monoisotopic (exact) mass is 356 g/mol. The smallest absolute Gasteiger partial charge is 0.255 e. The van der Waals surface area contributed by atoms with Gasteiger partial charge in [0, 0.05) is 29.4 Å². The van der Waals surface area contributed by atoms with Gasteiger partial charge in [0.05, 0.1) is 16.3 Å². The maximum atomic E-state index is 12.7. The summed E-state index contributed by atoms with van der Waals surface area (Å²) in [6.07, 6.45) is 3.33. The van der Waals surface area contributed by atoms with E-state index in [1.54, 1.807) is 31.5 Å². The van der Waals surface area contributed by atoms with Crippen LogP contribution < -0.4 is 11.1 Å². The lowest BCUT2D eigenvalue weighted by Gasteiger charge is -2.11. The third-order valence-corrected chi connectivity index (χ3v) is 6.26. The average molecular weight is 356 g/mol. The van der Waals surface area contributed by atoms with Gasteiger partial charge in [-0.1, -0.05) is 6.07 Å². The number of hydrogen-bond acceptors (Lipinski definition) is 5. The number of benzene rings is 1. The zero-order valence-corrected chi connectivity index (χ0v) is 14.2. The van der Waals surface area contributed by atoms with Crippen molar-refractivity contribution >= 4 is 32.5 Å². The van der Waals surface area contributed by atoms with E-state index in [2.05, 4.69) is 15.3 Å². The van der Waals surface area contributed by atoms with Crippen molar-refractivity contribution in [2.45, 2.75) is 17.9 Å². The average Bonchev–Trinajstić information content (AvgIpc) is 3.10. The molecule has 2 aromatic heterocycles. The maximum Gasteiger partial charge on any atom is 0.255 e. The molecule has 3 heterocycles. The van der Waals surface area contributed by atoms with Gasteiger partial charge < -0.3 is 16.0 Å². The number of aryl methyl sites for hydroxylation is 1. The van der Waals surface area contributed by atoms with Crippen LogP contribution in [0.3, 0.4) is 0 Å². The van der Waals surface area contributed by atoms with Gasteiger partial charge in [0.1, 0.15) is 5.65 Å². The number of aromatic nitrogens is 2. The Morgan fingerprint density at radius 2 is 2.16 bits per heavy atom. The lowest BCUT2D eigenvalue weighted by molar-refractivity contribution is 0.102. The highest BCUT2D eigenvalue weighted by molar-refractivity contribution is 7.91. The summed E-state index contributed by atoms with van der Waals surface area (Å²) in [5.74, 6) is -0.495. The fraction of sp³-hybridized carbons (Fsp3) is 0.176. The summed E-state index contributed by atoms with van der Waals surface area (Å²) < 4.78 is 24.4. The summed E-state index contributed by atoms with van der Waals surface area (Å²) in [5.41, 5.74) is 8.75. The van der Waals surface area contributed by atoms with Crippen molar-refractivity contribution in [3.63, 3.8) is 0 Å². The minimum atomic E-state index is -3.45. The van der Waals surface area contributed by atoms with Gasteiger partial charge in [0.25, 0.3) is 5.91 Å². The zero-order valence-electron chi connectivity index (χ0n) is 13.4. The lowest BCUT2D eigenvalue weighted by Crippen LogP contribution is -2.15. The molecule has 1 aromatic carbocycles. The number of nitrogens with zero attached hydrogens (tertiary/aromatic N) is 1. The topological polar surface area (TPSA) is 118 Å². The summed E-state index contributed by atoms with van der Waals surface area (Å²) in [4.78, 5) is 20.0. The summed E-state index contributed by atoms with van der Waals surface area (Å²) in [6.45, 7) is 1.77. The van der Waals surface area contributed by atoms with Gasteiger partial charge in [-0.3, -0.25) is 4.79 Å². The molecular weight excluding hydrogens is 340 g/mol. The van der Waals surface area contributed by atoms with E-state index in [1.165, 1.54) is 6.07 Å². The molecule has 1 atom stereocenters. The first-order valence-corrected chi connectivity index (χ1v) is 9.38. The van der Waals surface area contributed by atoms with E-state index in [1.807, 2.05) is 6.07 Å². The number of aromatic amines is 1. The molecule has 0 saturated carbocycles. The van der Waals surface area contributed by atoms with Gasteiger partial charge in [0.15, 0.2) is 9.84 Å². The van der Waals surface area contributed by atoms with E-state index in [-0.39, 0.29) is 16.6 Å². The van der Waals surface area contributed by atoms with E-state index in [4.69, 9.17) is 5.73 Å². The molecular formula is C17H16N4O3S. The maximum absolute atomic E-state index is 12.7. The normalized spacial score (nSPS) is 18.2. The first kappa shape index (κ1) is 15.8. The summed E-state index contributed by atoms with van der Waals surface area (Å²) in [5, 5.41) is 3.61. The number of nitrogens with one attached hydrogen (secondary N) is 2. The first-order valence-electron chi connectivity index (χ1n) is 7.73. The Kier molecular flexibility index (Phi) is 3.41. The van der Waals surface area contributed by atoms with Crippen LogP contribution in [0.4, 0.5) is 5.69 Å². The molecule has 128 valence electrons. The number of amides is 1. The molecule has 4 N–H and O–H groups in total. The Morgan fingerprint density at radius 1 is 1.36 bits per heavy atom. The van der Waals surface area contributed by atoms with Crippen molar-refractivity contribution in [1.82, 2.24) is 9.97 Å². The summed E-state index contributed by atoms with van der Waals surface area (Å²) >= 11 is 0. The highest BCUT2D eigenvalue weighted by Crippen LogP contribution is 2.34. The van der Waals surface area contributed by atoms with E-state index >= 15 is 0 Å². The second-order valence-corrected chi connectivity index (χ2v) is 8.15. The van der Waals surface area contributed by atoms with Crippen LogP contribution >= 0.6 is 0 Å². The zero-order chi connectivity index (χ0) is 17.8. The predicted molar refractivity (Wildman–Crippen MR) is 94.2 cm³/mol. The van der Waals surface area contributed by atoms with E-state index in [0.717, 1.165) is 5.39 Å². The Hall–Kier alpha value is -2.71. The van der Waals surface area contributed by atoms with Gasteiger partial charge in [0.2, 0.25) is 0 Å². The van der Waals surface area contributed by atoms with Gasteiger partial charge >= 0.3 is 0 Å². The number of fused-ring (bicyclic) bond motifs is 2. The second kappa shape index (κ2) is 5.40. The van der Waals surface area contributed by atoms with Crippen molar-refractivity contribution in [3.8, 4) is 0 Å². The standard InChI is InChI=1S/C17H16N4O3S/c1-9-6-12-13(18)8-25(23,24)15(12)7-11(9)17(22)21-14-3-5-20-16-10(14)2-4-19-16/h2-7,13H,8,18H2,1H3,(H2,19,20,21,22). The molecule has 0 saturated heterocycles. The molecule has 0 spiro atoms. The fourth-order valence-corrected chi connectivity index (χ4v) is 4.89. The van der Waals surface area contributed by atoms with E-state index in [9.17, 15) is 13.2 Å². The molecule has 0 radical (unpaired) electrons. The Bertz CT molecular complexity index is 1120. The highest BCUT2D eigenvalue weighted by Gasteiger charge is 2.34. The summed E-state index contributed by atoms with van der Waals surface area (Å²) in [6, 6.07) is 6.09. The number of carbonyl (C=O) groups is 1. The fourth-order valence-electron chi connectivity index (χ4n) is 3.19. The molecule has 0 bridgehead atoms. The third kappa shape index (κ3) is 2.50.